The molecule has 2 amide bonds. The van der Waals surface area contributed by atoms with Gasteiger partial charge in [0.25, 0.3) is 0 Å². The molecule has 3 fully saturated rings. The number of carbonyl (C=O) groups excluding carboxylic acids is 2. The molecule has 1 aromatic carbocycles. The van der Waals surface area contributed by atoms with Gasteiger partial charge in [0.05, 0.1) is 18.2 Å². The Kier molecular flexibility index (Phi) is 8.02. The lowest BCUT2D eigenvalue weighted by Gasteiger charge is -2.33. The summed E-state index contributed by atoms with van der Waals surface area (Å²) in [6, 6.07) is 4.98. The van der Waals surface area contributed by atoms with Gasteiger partial charge in [-0.15, -0.1) is 0 Å². The van der Waals surface area contributed by atoms with Crippen LogP contribution in [-0.4, -0.2) is 91.1 Å². The van der Waals surface area contributed by atoms with Gasteiger partial charge in [0, 0.05) is 51.8 Å². The van der Waals surface area contributed by atoms with Crippen molar-refractivity contribution >= 4 is 11.8 Å². The largest absolute Gasteiger partial charge is 0.416 e. The van der Waals surface area contributed by atoms with Crippen LogP contribution in [0, 0.1) is 0 Å². The number of hydrogen-bond acceptors (Lipinski definition) is 5. The molecule has 3 aliphatic heterocycles. The summed E-state index contributed by atoms with van der Waals surface area (Å²) in [6.07, 6.45) is -0.514. The van der Waals surface area contributed by atoms with Crippen molar-refractivity contribution in [3.8, 4) is 0 Å². The normalized spacial score (nSPS) is 28.1. The van der Waals surface area contributed by atoms with Crippen LogP contribution in [0.1, 0.15) is 43.2 Å². The number of nitrogens with zero attached hydrogens (tertiary/aromatic N) is 3. The number of ether oxygens (including phenoxy) is 1. The second-order valence-corrected chi connectivity index (χ2v) is 9.91. The standard InChI is InChI=1S/C25H35F3N4O3/c1-30-19(9-10-22(33)32-12-3-4-20(32)16-35-2)14-29-24(34)23-21(30)11-13-31(23)15-17-5-7-18(8-6-17)25(26,27)28/h5-8,19-21,23H,3-4,9-16H2,1-2H3,(H,29,34)/t19-,20+,21+,23-/m0/s1. The molecule has 0 aliphatic carbocycles. The highest BCUT2D eigenvalue weighted by Gasteiger charge is 2.45. The lowest BCUT2D eigenvalue weighted by atomic mass is 10.0. The molecule has 3 heterocycles. The van der Waals surface area contributed by atoms with Gasteiger partial charge in [0.1, 0.15) is 6.04 Å². The summed E-state index contributed by atoms with van der Waals surface area (Å²) in [5.41, 5.74) is 0.0732. The molecule has 0 unspecified atom stereocenters. The molecule has 4 rings (SSSR count). The van der Waals surface area contributed by atoms with Crippen LogP contribution in [0.2, 0.25) is 0 Å². The topological polar surface area (TPSA) is 65.1 Å². The Labute approximate surface area is 204 Å². The van der Waals surface area contributed by atoms with Crippen LogP contribution >= 0.6 is 0 Å². The minimum absolute atomic E-state index is 0.0000712. The van der Waals surface area contributed by atoms with Crippen molar-refractivity contribution in [3.63, 3.8) is 0 Å². The van der Waals surface area contributed by atoms with Gasteiger partial charge in [-0.05, 0) is 50.4 Å². The highest BCUT2D eigenvalue weighted by molar-refractivity contribution is 5.83. The number of carbonyl (C=O) groups is 2. The van der Waals surface area contributed by atoms with Gasteiger partial charge < -0.3 is 15.0 Å². The second-order valence-electron chi connectivity index (χ2n) is 9.91. The Morgan fingerprint density at radius 2 is 1.89 bits per heavy atom. The Morgan fingerprint density at radius 1 is 1.14 bits per heavy atom. The minimum Gasteiger partial charge on any atom is -0.383 e. The first-order valence-electron chi connectivity index (χ1n) is 12.4. The predicted molar refractivity (Wildman–Crippen MR) is 124 cm³/mol. The number of fused-ring (bicyclic) bond motifs is 1. The molecular weight excluding hydrogens is 461 g/mol. The van der Waals surface area contributed by atoms with E-state index in [-0.39, 0.29) is 36.0 Å². The molecule has 0 spiro atoms. The summed E-state index contributed by atoms with van der Waals surface area (Å²) in [7, 11) is 3.67. The summed E-state index contributed by atoms with van der Waals surface area (Å²) >= 11 is 0. The van der Waals surface area contributed by atoms with Crippen molar-refractivity contribution in [2.45, 2.75) is 69.0 Å². The first kappa shape index (κ1) is 25.9. The number of nitrogens with one attached hydrogen (secondary N) is 1. The lowest BCUT2D eigenvalue weighted by molar-refractivity contribution is -0.137. The van der Waals surface area contributed by atoms with E-state index < -0.39 is 11.7 Å². The second kappa shape index (κ2) is 10.8. The van der Waals surface area contributed by atoms with Crippen molar-refractivity contribution in [3.05, 3.63) is 35.4 Å². The maximum Gasteiger partial charge on any atom is 0.416 e. The third-order valence-electron chi connectivity index (χ3n) is 7.76. The Hall–Kier alpha value is -2.17. The molecule has 4 atom stereocenters. The fourth-order valence-electron chi connectivity index (χ4n) is 5.82. The fraction of sp³-hybridized carbons (Fsp3) is 0.680. The minimum atomic E-state index is -4.36. The maximum atomic E-state index is 13.0. The van der Waals surface area contributed by atoms with E-state index in [0.29, 0.717) is 39.1 Å². The maximum absolute atomic E-state index is 13.0. The average Bonchev–Trinajstić information content (AvgIpc) is 3.43. The first-order valence-corrected chi connectivity index (χ1v) is 12.4. The van der Waals surface area contributed by atoms with E-state index in [0.717, 1.165) is 43.5 Å². The van der Waals surface area contributed by atoms with Crippen LogP contribution in [0.15, 0.2) is 24.3 Å². The van der Waals surface area contributed by atoms with Crippen LogP contribution in [0.3, 0.4) is 0 Å². The van der Waals surface area contributed by atoms with Crippen LogP contribution in [-0.2, 0) is 27.0 Å². The number of alkyl halides is 3. The molecule has 194 valence electrons. The zero-order valence-corrected chi connectivity index (χ0v) is 20.4. The van der Waals surface area contributed by atoms with Gasteiger partial charge in [-0.2, -0.15) is 13.2 Å². The van der Waals surface area contributed by atoms with Crippen molar-refractivity contribution in [1.29, 1.82) is 0 Å². The van der Waals surface area contributed by atoms with E-state index in [4.69, 9.17) is 4.74 Å². The van der Waals surface area contributed by atoms with Crippen LogP contribution in [0.5, 0.6) is 0 Å². The van der Waals surface area contributed by atoms with E-state index >= 15 is 0 Å². The van der Waals surface area contributed by atoms with Crippen LogP contribution < -0.4 is 5.32 Å². The van der Waals surface area contributed by atoms with Gasteiger partial charge in [-0.3, -0.25) is 19.4 Å². The van der Waals surface area contributed by atoms with Gasteiger partial charge in [-0.25, -0.2) is 0 Å². The highest BCUT2D eigenvalue weighted by Crippen LogP contribution is 2.31. The highest BCUT2D eigenvalue weighted by atomic mass is 19.4. The number of hydrogen-bond donors (Lipinski definition) is 1. The molecular formula is C25H35F3N4O3. The van der Waals surface area contributed by atoms with E-state index in [1.165, 1.54) is 12.1 Å². The summed E-state index contributed by atoms with van der Waals surface area (Å²) in [5, 5.41) is 3.05. The van der Waals surface area contributed by atoms with Gasteiger partial charge in [0.15, 0.2) is 0 Å². The van der Waals surface area contributed by atoms with E-state index in [1.807, 2.05) is 16.8 Å². The van der Waals surface area contributed by atoms with Gasteiger partial charge in [-0.1, -0.05) is 12.1 Å². The number of benzene rings is 1. The van der Waals surface area contributed by atoms with E-state index in [9.17, 15) is 22.8 Å². The van der Waals surface area contributed by atoms with Crippen molar-refractivity contribution < 1.29 is 27.5 Å². The lowest BCUT2D eigenvalue weighted by Crippen LogP contribution is -2.49. The smallest absolute Gasteiger partial charge is 0.383 e. The summed E-state index contributed by atoms with van der Waals surface area (Å²) in [5.74, 6) is 0.0835. The molecule has 0 aromatic heterocycles. The van der Waals surface area contributed by atoms with Crippen molar-refractivity contribution in [2.24, 2.45) is 0 Å². The Morgan fingerprint density at radius 3 is 2.57 bits per heavy atom. The van der Waals surface area contributed by atoms with Crippen molar-refractivity contribution in [2.75, 3.05) is 40.4 Å². The SMILES string of the molecule is COC[C@H]1CCCN1C(=O)CC[C@H]1CNC(=O)[C@@H]2[C@@H](CCN2Cc2ccc(C(F)(F)F)cc2)N1C. The number of halogens is 3. The average molecular weight is 497 g/mol. The molecule has 7 nitrogen and oxygen atoms in total. The third-order valence-corrected chi connectivity index (χ3v) is 7.76. The zero-order chi connectivity index (χ0) is 25.2. The molecule has 1 aromatic rings. The van der Waals surface area contributed by atoms with Crippen molar-refractivity contribution in [1.82, 2.24) is 20.0 Å². The summed E-state index contributed by atoms with van der Waals surface area (Å²) < 4.78 is 43.9. The fourth-order valence-corrected chi connectivity index (χ4v) is 5.82. The van der Waals surface area contributed by atoms with Crippen LogP contribution in [0.25, 0.3) is 0 Å². The first-order chi connectivity index (χ1) is 16.7. The number of methoxy groups -OCH3 is 1. The molecule has 1 N–H and O–H groups in total. The quantitative estimate of drug-likeness (QED) is 0.629. The molecule has 35 heavy (non-hydrogen) atoms. The Balaban J connectivity index is 1.36. The molecule has 0 bridgehead atoms. The van der Waals surface area contributed by atoms with E-state index in [1.54, 1.807) is 7.11 Å². The van der Waals surface area contributed by atoms with Gasteiger partial charge in [0.2, 0.25) is 11.8 Å². The Bertz CT molecular complexity index is 895. The summed E-state index contributed by atoms with van der Waals surface area (Å²) in [4.78, 5) is 32.1. The monoisotopic (exact) mass is 496 g/mol. The van der Waals surface area contributed by atoms with Crippen LogP contribution in [0.4, 0.5) is 13.2 Å². The molecule has 10 heteroatoms. The number of rotatable bonds is 7. The zero-order valence-electron chi connectivity index (χ0n) is 20.4. The predicted octanol–water partition coefficient (Wildman–Crippen LogP) is 2.50. The van der Waals surface area contributed by atoms with E-state index in [2.05, 4.69) is 10.2 Å². The molecule has 3 aliphatic rings. The molecule has 3 saturated heterocycles. The number of likely N-dealkylation sites (N-methyl/N-ethyl adjacent to an activating group) is 1. The molecule has 0 saturated carbocycles. The third kappa shape index (κ3) is 5.81. The number of likely N-dealkylation sites (tertiary alicyclic amines) is 2. The summed E-state index contributed by atoms with van der Waals surface area (Å²) in [6.45, 7) is 2.91. The number of amides is 2. The van der Waals surface area contributed by atoms with Gasteiger partial charge >= 0.3 is 6.18 Å². The molecule has 0 radical (unpaired) electrons.